The summed E-state index contributed by atoms with van der Waals surface area (Å²) in [6, 6.07) is 9.64. The van der Waals surface area contributed by atoms with E-state index < -0.39 is 0 Å². The molecule has 29 heavy (non-hydrogen) atoms. The summed E-state index contributed by atoms with van der Waals surface area (Å²) in [7, 11) is 0. The molecule has 0 radical (unpaired) electrons. The Kier molecular flexibility index (Phi) is 6.31. The summed E-state index contributed by atoms with van der Waals surface area (Å²) in [5.41, 5.74) is 2.89. The number of carbonyl (C=O) groups excluding carboxylic acids is 2. The van der Waals surface area contributed by atoms with Crippen molar-refractivity contribution in [1.82, 2.24) is 15.1 Å². The van der Waals surface area contributed by atoms with Crippen LogP contribution >= 0.6 is 11.8 Å². The topological polar surface area (TPSA) is 85.2 Å². The number of ether oxygens (including phenoxy) is 1. The van der Waals surface area contributed by atoms with Crippen LogP contribution in [0.4, 0.5) is 5.82 Å². The minimum Gasteiger partial charge on any atom is -0.376 e. The number of benzene rings is 1. The van der Waals surface area contributed by atoms with E-state index in [1.54, 1.807) is 22.5 Å². The molecule has 2 aliphatic heterocycles. The summed E-state index contributed by atoms with van der Waals surface area (Å²) < 4.78 is 7.14. The molecule has 2 N–H and O–H groups in total. The zero-order valence-electron chi connectivity index (χ0n) is 16.1. The van der Waals surface area contributed by atoms with Crippen LogP contribution in [0.5, 0.6) is 0 Å². The van der Waals surface area contributed by atoms with E-state index in [0.717, 1.165) is 47.8 Å². The number of nitrogens with one attached hydrogen (secondary N) is 2. The molecule has 3 heterocycles. The van der Waals surface area contributed by atoms with Gasteiger partial charge in [-0.1, -0.05) is 30.3 Å². The second-order valence-electron chi connectivity index (χ2n) is 7.10. The Bertz CT molecular complexity index is 904. The molecule has 0 spiro atoms. The lowest BCUT2D eigenvalue weighted by Gasteiger charge is -2.12. The third kappa shape index (κ3) is 5.07. The number of thioether (sulfide) groups is 1. The van der Waals surface area contributed by atoms with Gasteiger partial charge in [-0.25, -0.2) is 4.68 Å². The van der Waals surface area contributed by atoms with Crippen molar-refractivity contribution in [3.63, 3.8) is 0 Å². The molecule has 4 rings (SSSR count). The van der Waals surface area contributed by atoms with Crippen molar-refractivity contribution in [1.29, 1.82) is 0 Å². The fourth-order valence-corrected chi connectivity index (χ4v) is 4.47. The highest BCUT2D eigenvalue weighted by atomic mass is 32.2. The Balaban J connectivity index is 1.41. The molecule has 1 aromatic carbocycles. The molecular formula is C21H24N4O3S. The molecule has 2 aliphatic rings. The molecule has 0 saturated carbocycles. The lowest BCUT2D eigenvalue weighted by atomic mass is 10.2. The molecule has 7 nitrogen and oxygen atoms in total. The summed E-state index contributed by atoms with van der Waals surface area (Å²) in [5.74, 6) is 1.81. The average Bonchev–Trinajstić information content (AvgIpc) is 3.46. The zero-order chi connectivity index (χ0) is 20.1. The average molecular weight is 413 g/mol. The van der Waals surface area contributed by atoms with Crippen molar-refractivity contribution in [2.24, 2.45) is 0 Å². The maximum atomic E-state index is 12.5. The van der Waals surface area contributed by atoms with Crippen LogP contribution in [0.25, 0.3) is 6.08 Å². The number of amides is 2. The second kappa shape index (κ2) is 9.28. The summed E-state index contributed by atoms with van der Waals surface area (Å²) >= 11 is 1.75. The van der Waals surface area contributed by atoms with Gasteiger partial charge in [0, 0.05) is 36.3 Å². The van der Waals surface area contributed by atoms with Gasteiger partial charge in [-0.15, -0.1) is 0 Å². The Hall–Kier alpha value is -2.58. The van der Waals surface area contributed by atoms with E-state index in [1.807, 2.05) is 30.3 Å². The van der Waals surface area contributed by atoms with E-state index in [0.29, 0.717) is 12.4 Å². The summed E-state index contributed by atoms with van der Waals surface area (Å²) in [4.78, 5) is 24.8. The number of carbonyl (C=O) groups is 2. The molecule has 8 heteroatoms. The van der Waals surface area contributed by atoms with E-state index >= 15 is 0 Å². The van der Waals surface area contributed by atoms with E-state index in [4.69, 9.17) is 4.74 Å². The van der Waals surface area contributed by atoms with Crippen molar-refractivity contribution in [2.45, 2.75) is 37.0 Å². The van der Waals surface area contributed by atoms with Crippen LogP contribution in [-0.4, -0.2) is 40.9 Å². The Labute approximate surface area is 173 Å². The molecule has 0 aliphatic carbocycles. The number of rotatable bonds is 7. The van der Waals surface area contributed by atoms with Gasteiger partial charge in [0.05, 0.1) is 11.8 Å². The van der Waals surface area contributed by atoms with E-state index in [1.165, 1.54) is 6.08 Å². The van der Waals surface area contributed by atoms with Crippen LogP contribution in [-0.2, 0) is 32.4 Å². The molecule has 2 amide bonds. The first-order chi connectivity index (χ1) is 14.2. The number of fused-ring (bicyclic) bond motifs is 1. The van der Waals surface area contributed by atoms with Crippen LogP contribution in [0.1, 0.15) is 29.7 Å². The summed E-state index contributed by atoms with van der Waals surface area (Å²) in [6.07, 6.45) is 5.37. The van der Waals surface area contributed by atoms with Crippen molar-refractivity contribution < 1.29 is 14.3 Å². The van der Waals surface area contributed by atoms with Crippen molar-refractivity contribution in [3.05, 3.63) is 53.2 Å². The normalized spacial score (nSPS) is 18.1. The third-order valence-electron chi connectivity index (χ3n) is 4.93. The standard InChI is InChI=1S/C21H24N4O3S/c26-19(9-8-15-5-2-1-3-6-15)23-21-17-13-29-14-18(17)24-25(21)12-20(27)22-11-16-7-4-10-28-16/h1-3,5-6,8-9,16H,4,7,10-14H2,(H,22,27)(H,23,26)/b9-8-/t16-/m0/s1. The monoisotopic (exact) mass is 412 g/mol. The fourth-order valence-electron chi connectivity index (χ4n) is 3.44. The van der Waals surface area contributed by atoms with Crippen LogP contribution < -0.4 is 10.6 Å². The maximum Gasteiger partial charge on any atom is 0.249 e. The Morgan fingerprint density at radius 3 is 2.93 bits per heavy atom. The second-order valence-corrected chi connectivity index (χ2v) is 8.08. The molecule has 1 atom stereocenters. The van der Waals surface area contributed by atoms with Gasteiger partial charge in [-0.3, -0.25) is 9.59 Å². The van der Waals surface area contributed by atoms with E-state index in [2.05, 4.69) is 15.7 Å². The van der Waals surface area contributed by atoms with Crippen molar-refractivity contribution in [3.8, 4) is 0 Å². The van der Waals surface area contributed by atoms with Gasteiger partial charge in [0.15, 0.2) is 0 Å². The number of hydrogen-bond donors (Lipinski definition) is 2. The number of anilines is 1. The zero-order valence-corrected chi connectivity index (χ0v) is 16.9. The van der Waals surface area contributed by atoms with Crippen molar-refractivity contribution in [2.75, 3.05) is 18.5 Å². The fraction of sp³-hybridized carbons (Fsp3) is 0.381. The maximum absolute atomic E-state index is 12.5. The Morgan fingerprint density at radius 2 is 2.14 bits per heavy atom. The summed E-state index contributed by atoms with van der Waals surface area (Å²) in [6.45, 7) is 1.34. The Morgan fingerprint density at radius 1 is 1.28 bits per heavy atom. The number of aromatic nitrogens is 2. The van der Waals surface area contributed by atoms with Crippen LogP contribution in [0.3, 0.4) is 0 Å². The lowest BCUT2D eigenvalue weighted by molar-refractivity contribution is -0.122. The smallest absolute Gasteiger partial charge is 0.249 e. The molecule has 0 bridgehead atoms. The van der Waals surface area contributed by atoms with Crippen LogP contribution in [0, 0.1) is 0 Å². The van der Waals surface area contributed by atoms with Gasteiger partial charge in [0.1, 0.15) is 12.4 Å². The van der Waals surface area contributed by atoms with Gasteiger partial charge < -0.3 is 15.4 Å². The third-order valence-corrected chi connectivity index (χ3v) is 5.90. The quantitative estimate of drug-likeness (QED) is 0.683. The predicted octanol–water partition coefficient (Wildman–Crippen LogP) is 2.58. The molecule has 1 fully saturated rings. The predicted molar refractivity (Wildman–Crippen MR) is 113 cm³/mol. The van der Waals surface area contributed by atoms with Gasteiger partial charge in [0.2, 0.25) is 11.8 Å². The molecular weight excluding hydrogens is 388 g/mol. The van der Waals surface area contributed by atoms with Gasteiger partial charge in [-0.2, -0.15) is 16.9 Å². The SMILES string of the molecule is O=C(/C=C\c1ccccc1)Nc1c2c(nn1CC(=O)NC[C@@H]1CCCO1)CSC2. The van der Waals surface area contributed by atoms with Crippen LogP contribution in [0.15, 0.2) is 36.4 Å². The molecule has 1 saturated heterocycles. The first-order valence-electron chi connectivity index (χ1n) is 9.78. The highest BCUT2D eigenvalue weighted by Crippen LogP contribution is 2.34. The minimum absolute atomic E-state index is 0.0718. The number of hydrogen-bond acceptors (Lipinski definition) is 5. The molecule has 1 aromatic heterocycles. The summed E-state index contributed by atoms with van der Waals surface area (Å²) in [5, 5.41) is 10.4. The first-order valence-corrected chi connectivity index (χ1v) is 10.9. The van der Waals surface area contributed by atoms with E-state index in [9.17, 15) is 9.59 Å². The van der Waals surface area contributed by atoms with Crippen molar-refractivity contribution >= 4 is 35.5 Å². The molecule has 0 unspecified atom stereocenters. The lowest BCUT2D eigenvalue weighted by Crippen LogP contribution is -2.34. The highest BCUT2D eigenvalue weighted by molar-refractivity contribution is 7.98. The first kappa shape index (κ1) is 19.7. The largest absolute Gasteiger partial charge is 0.376 e. The minimum atomic E-state index is -0.241. The highest BCUT2D eigenvalue weighted by Gasteiger charge is 2.25. The van der Waals surface area contributed by atoms with Crippen LogP contribution in [0.2, 0.25) is 0 Å². The molecule has 152 valence electrons. The van der Waals surface area contributed by atoms with E-state index in [-0.39, 0.29) is 24.5 Å². The molecule has 2 aromatic rings. The number of nitrogens with zero attached hydrogens (tertiary/aromatic N) is 2. The van der Waals surface area contributed by atoms with Gasteiger partial charge in [0.25, 0.3) is 0 Å². The van der Waals surface area contributed by atoms with Gasteiger partial charge in [-0.05, 0) is 24.5 Å². The van der Waals surface area contributed by atoms with Gasteiger partial charge >= 0.3 is 0 Å².